The van der Waals surface area contributed by atoms with Crippen molar-refractivity contribution in [1.82, 2.24) is 15.0 Å². The highest BCUT2D eigenvalue weighted by molar-refractivity contribution is 7.07. The first-order valence-electron chi connectivity index (χ1n) is 10.6. The quantitative estimate of drug-likeness (QED) is 0.238. The molecule has 0 spiro atoms. The fraction of sp³-hybridized carbons (Fsp3) is 0.200. The molecule has 4 rings (SSSR count). The lowest BCUT2D eigenvalue weighted by Crippen LogP contribution is -2.53. The SMILES string of the molecule is NC(Cc1cscn1)C(=O)N(N)C(=O)C(Cc1cccnc1)Cc1cccc2ccccc12. The first-order valence-corrected chi connectivity index (χ1v) is 11.6. The number of pyridine rings is 1. The zero-order valence-corrected chi connectivity index (χ0v) is 18.8. The van der Waals surface area contributed by atoms with Crippen molar-refractivity contribution < 1.29 is 9.59 Å². The maximum absolute atomic E-state index is 13.4. The van der Waals surface area contributed by atoms with Crippen LogP contribution in [0.4, 0.5) is 0 Å². The molecule has 4 N–H and O–H groups in total. The molecule has 0 radical (unpaired) electrons. The van der Waals surface area contributed by atoms with Gasteiger partial charge in [-0.2, -0.15) is 0 Å². The highest BCUT2D eigenvalue weighted by atomic mass is 32.1. The number of fused-ring (bicyclic) bond motifs is 1. The number of hydrogen-bond donors (Lipinski definition) is 2. The van der Waals surface area contributed by atoms with Crippen LogP contribution in [0.1, 0.15) is 16.8 Å². The van der Waals surface area contributed by atoms with Gasteiger partial charge in [0.2, 0.25) is 5.91 Å². The number of carbonyl (C=O) groups excluding carboxylic acids is 2. The van der Waals surface area contributed by atoms with E-state index in [0.29, 0.717) is 23.5 Å². The molecule has 2 atom stereocenters. The highest BCUT2D eigenvalue weighted by Crippen LogP contribution is 2.24. The molecule has 168 valence electrons. The van der Waals surface area contributed by atoms with Crippen LogP contribution >= 0.6 is 11.3 Å². The summed E-state index contributed by atoms with van der Waals surface area (Å²) in [6.07, 6.45) is 4.46. The van der Waals surface area contributed by atoms with Crippen LogP contribution in [0.3, 0.4) is 0 Å². The minimum absolute atomic E-state index is 0.222. The molecule has 0 aliphatic carbocycles. The number of carbonyl (C=O) groups is 2. The summed E-state index contributed by atoms with van der Waals surface area (Å²) in [5.41, 5.74) is 10.3. The molecule has 8 heteroatoms. The zero-order chi connectivity index (χ0) is 23.2. The van der Waals surface area contributed by atoms with Crippen molar-refractivity contribution in [2.24, 2.45) is 17.5 Å². The van der Waals surface area contributed by atoms with Gasteiger partial charge < -0.3 is 5.73 Å². The molecule has 2 aromatic heterocycles. The Labute approximate surface area is 196 Å². The van der Waals surface area contributed by atoms with Gasteiger partial charge in [-0.15, -0.1) is 11.3 Å². The Bertz CT molecular complexity index is 1220. The van der Waals surface area contributed by atoms with Crippen LogP contribution in [0.2, 0.25) is 0 Å². The number of amides is 2. The Kier molecular flexibility index (Phi) is 7.19. The van der Waals surface area contributed by atoms with E-state index in [1.165, 1.54) is 11.3 Å². The van der Waals surface area contributed by atoms with Crippen LogP contribution in [0.15, 0.2) is 77.9 Å². The monoisotopic (exact) mass is 459 g/mol. The molecular weight excluding hydrogens is 434 g/mol. The molecule has 0 saturated carbocycles. The summed E-state index contributed by atoms with van der Waals surface area (Å²) >= 11 is 1.42. The lowest BCUT2D eigenvalue weighted by Gasteiger charge is -2.24. The van der Waals surface area contributed by atoms with Crippen molar-refractivity contribution in [2.45, 2.75) is 25.3 Å². The number of hydrogen-bond acceptors (Lipinski definition) is 7. The number of imide groups is 1. The first kappa shape index (κ1) is 22.7. The standard InChI is InChI=1S/C25H25N5O2S/c26-23(13-21-15-33-16-29-21)25(32)30(27)24(31)20(11-17-5-4-10-28-14-17)12-19-8-3-7-18-6-1-2-9-22(18)19/h1-10,14-16,20,23H,11-13,26-27H2. The summed E-state index contributed by atoms with van der Waals surface area (Å²) in [7, 11) is 0. The molecule has 33 heavy (non-hydrogen) atoms. The molecule has 0 aliphatic heterocycles. The van der Waals surface area contributed by atoms with Crippen molar-refractivity contribution in [2.75, 3.05) is 0 Å². The van der Waals surface area contributed by atoms with Crippen LogP contribution in [0.25, 0.3) is 10.8 Å². The number of nitrogens with two attached hydrogens (primary N) is 2. The topological polar surface area (TPSA) is 115 Å². The third kappa shape index (κ3) is 5.48. The maximum atomic E-state index is 13.4. The third-order valence-electron chi connectivity index (χ3n) is 5.60. The van der Waals surface area contributed by atoms with E-state index in [-0.39, 0.29) is 6.42 Å². The average Bonchev–Trinajstić information content (AvgIpc) is 3.36. The van der Waals surface area contributed by atoms with E-state index in [2.05, 4.69) is 9.97 Å². The van der Waals surface area contributed by atoms with E-state index >= 15 is 0 Å². The molecule has 0 bridgehead atoms. The van der Waals surface area contributed by atoms with Gasteiger partial charge in [0, 0.05) is 30.1 Å². The normalized spacial score (nSPS) is 12.9. The smallest absolute Gasteiger partial charge is 0.260 e. The van der Waals surface area contributed by atoms with E-state index in [9.17, 15) is 9.59 Å². The second kappa shape index (κ2) is 10.4. The van der Waals surface area contributed by atoms with Crippen LogP contribution < -0.4 is 11.6 Å². The molecule has 2 aromatic carbocycles. The van der Waals surface area contributed by atoms with E-state index in [4.69, 9.17) is 11.6 Å². The Balaban J connectivity index is 1.58. The van der Waals surface area contributed by atoms with Crippen molar-refractivity contribution >= 4 is 33.9 Å². The highest BCUT2D eigenvalue weighted by Gasteiger charge is 2.31. The summed E-state index contributed by atoms with van der Waals surface area (Å²) in [5, 5.41) is 4.66. The molecule has 4 aromatic rings. The molecule has 7 nitrogen and oxygen atoms in total. The van der Waals surface area contributed by atoms with Crippen LogP contribution in [0.5, 0.6) is 0 Å². The summed E-state index contributed by atoms with van der Waals surface area (Å²) in [5.74, 6) is 4.39. The van der Waals surface area contributed by atoms with E-state index in [0.717, 1.165) is 21.9 Å². The molecule has 0 aliphatic rings. The lowest BCUT2D eigenvalue weighted by atomic mass is 9.89. The molecule has 0 fully saturated rings. The number of aromatic nitrogens is 2. The maximum Gasteiger partial charge on any atom is 0.260 e. The van der Waals surface area contributed by atoms with Gasteiger partial charge in [-0.05, 0) is 40.8 Å². The Morgan fingerprint density at radius 2 is 1.79 bits per heavy atom. The van der Waals surface area contributed by atoms with Crippen LogP contribution in [-0.2, 0) is 28.9 Å². The van der Waals surface area contributed by atoms with Crippen molar-refractivity contribution in [1.29, 1.82) is 0 Å². The number of nitrogens with zero attached hydrogens (tertiary/aromatic N) is 3. The van der Waals surface area contributed by atoms with Crippen molar-refractivity contribution in [3.05, 3.63) is 94.7 Å². The largest absolute Gasteiger partial charge is 0.320 e. The van der Waals surface area contributed by atoms with Gasteiger partial charge in [0.05, 0.1) is 17.2 Å². The minimum atomic E-state index is -0.947. The van der Waals surface area contributed by atoms with Gasteiger partial charge in [-0.1, -0.05) is 48.5 Å². The predicted octanol–water partition coefficient (Wildman–Crippen LogP) is 2.89. The molecule has 2 heterocycles. The molecular formula is C25H25N5O2S. The van der Waals surface area contributed by atoms with Gasteiger partial charge in [0.25, 0.3) is 5.91 Å². The Morgan fingerprint density at radius 3 is 2.55 bits per heavy atom. The van der Waals surface area contributed by atoms with Crippen LogP contribution in [-0.4, -0.2) is 32.8 Å². The summed E-state index contributed by atoms with van der Waals surface area (Å²) < 4.78 is 0. The van der Waals surface area contributed by atoms with Crippen molar-refractivity contribution in [3.63, 3.8) is 0 Å². The molecule has 2 amide bonds. The average molecular weight is 460 g/mol. The third-order valence-corrected chi connectivity index (χ3v) is 6.24. The van der Waals surface area contributed by atoms with Crippen molar-refractivity contribution in [3.8, 4) is 0 Å². The van der Waals surface area contributed by atoms with Gasteiger partial charge in [0.1, 0.15) is 0 Å². The summed E-state index contributed by atoms with van der Waals surface area (Å²) in [6.45, 7) is 0. The second-order valence-corrected chi connectivity index (χ2v) is 8.66. The van der Waals surface area contributed by atoms with Gasteiger partial charge in [-0.3, -0.25) is 14.6 Å². The number of rotatable bonds is 8. The van der Waals surface area contributed by atoms with E-state index in [1.54, 1.807) is 17.9 Å². The molecule has 2 unspecified atom stereocenters. The number of hydrazine groups is 1. The number of thiazole rings is 1. The van der Waals surface area contributed by atoms with Gasteiger partial charge in [-0.25, -0.2) is 15.8 Å². The Morgan fingerprint density at radius 1 is 0.970 bits per heavy atom. The zero-order valence-electron chi connectivity index (χ0n) is 18.0. The summed E-state index contributed by atoms with van der Waals surface area (Å²) in [6, 6.07) is 16.8. The fourth-order valence-corrected chi connectivity index (χ4v) is 4.49. The predicted molar refractivity (Wildman–Crippen MR) is 129 cm³/mol. The van der Waals surface area contributed by atoms with Gasteiger partial charge >= 0.3 is 0 Å². The van der Waals surface area contributed by atoms with E-state index < -0.39 is 23.8 Å². The van der Waals surface area contributed by atoms with Crippen LogP contribution in [0, 0.1) is 5.92 Å². The first-order chi connectivity index (χ1) is 16.0. The second-order valence-electron chi connectivity index (χ2n) is 7.94. The lowest BCUT2D eigenvalue weighted by molar-refractivity contribution is -0.148. The fourth-order valence-electron chi connectivity index (χ4n) is 3.92. The van der Waals surface area contributed by atoms with Gasteiger partial charge in [0.15, 0.2) is 0 Å². The summed E-state index contributed by atoms with van der Waals surface area (Å²) in [4.78, 5) is 34.6. The molecule has 0 saturated heterocycles. The Hall–Kier alpha value is -3.46. The minimum Gasteiger partial charge on any atom is -0.320 e. The van der Waals surface area contributed by atoms with E-state index in [1.807, 2.05) is 60.0 Å². The number of benzene rings is 2.